The van der Waals surface area contributed by atoms with Gasteiger partial charge in [-0.3, -0.25) is 0 Å². The average Bonchev–Trinajstić information content (AvgIpc) is 2.79. The summed E-state index contributed by atoms with van der Waals surface area (Å²) in [5.74, 6) is 2.85. The Labute approximate surface area is 170 Å². The van der Waals surface area contributed by atoms with Crippen molar-refractivity contribution in [1.29, 1.82) is 0 Å². The van der Waals surface area contributed by atoms with Crippen LogP contribution in [0, 0.1) is 6.92 Å². The van der Waals surface area contributed by atoms with Crippen LogP contribution in [0.3, 0.4) is 0 Å². The van der Waals surface area contributed by atoms with Crippen LogP contribution in [0.1, 0.15) is 5.56 Å². The molecule has 5 heteroatoms. The molecule has 0 unspecified atom stereocenters. The van der Waals surface area contributed by atoms with E-state index in [9.17, 15) is 0 Å². The molecule has 0 spiro atoms. The van der Waals surface area contributed by atoms with Crippen LogP contribution in [-0.2, 0) is 0 Å². The van der Waals surface area contributed by atoms with E-state index in [1.807, 2.05) is 24.4 Å². The number of rotatable bonds is 3. The summed E-state index contributed by atoms with van der Waals surface area (Å²) in [6.45, 7) is 5.76. The first-order valence-corrected chi connectivity index (χ1v) is 10.0. The third kappa shape index (κ3) is 3.51. The Morgan fingerprint density at radius 1 is 0.724 bits per heavy atom. The van der Waals surface area contributed by atoms with Crippen LogP contribution < -0.4 is 9.80 Å². The van der Waals surface area contributed by atoms with Crippen LogP contribution in [0.5, 0.6) is 0 Å². The third-order valence-corrected chi connectivity index (χ3v) is 5.45. The van der Waals surface area contributed by atoms with Crippen LogP contribution in [0.2, 0.25) is 0 Å². The molecule has 5 nitrogen and oxygen atoms in total. The van der Waals surface area contributed by atoms with Crippen molar-refractivity contribution < 1.29 is 0 Å². The molecule has 0 atom stereocenters. The van der Waals surface area contributed by atoms with E-state index in [4.69, 9.17) is 9.97 Å². The summed E-state index contributed by atoms with van der Waals surface area (Å²) in [7, 11) is 0. The van der Waals surface area contributed by atoms with Gasteiger partial charge in [0.05, 0.1) is 5.52 Å². The number of anilines is 2. The minimum absolute atomic E-state index is 0.783. The number of benzene rings is 2. The molecule has 0 saturated carbocycles. The Morgan fingerprint density at radius 3 is 2.21 bits per heavy atom. The van der Waals surface area contributed by atoms with Crippen molar-refractivity contribution in [3.05, 3.63) is 78.5 Å². The predicted octanol–water partition coefficient (Wildman–Crippen LogP) is 4.33. The molecule has 1 aliphatic heterocycles. The largest absolute Gasteiger partial charge is 0.353 e. The smallest absolute Gasteiger partial charge is 0.162 e. The number of hydrogen-bond donors (Lipinski definition) is 0. The number of nitrogens with zero attached hydrogens (tertiary/aromatic N) is 5. The standard InChI is InChI=1S/C24H23N5/c1-18-9-11-19(12-10-18)23-26-21-7-3-2-6-20(21)24(27-23)29-16-14-28(15-17-29)22-8-4-5-13-25-22/h2-13H,14-17H2,1H3. The van der Waals surface area contributed by atoms with E-state index in [0.29, 0.717) is 0 Å². The van der Waals surface area contributed by atoms with Gasteiger partial charge in [-0.1, -0.05) is 48.0 Å². The Morgan fingerprint density at radius 2 is 1.45 bits per heavy atom. The van der Waals surface area contributed by atoms with E-state index < -0.39 is 0 Å². The van der Waals surface area contributed by atoms with Gasteiger partial charge in [0.1, 0.15) is 11.6 Å². The number of fused-ring (bicyclic) bond motifs is 1. The molecule has 1 aliphatic rings. The lowest BCUT2D eigenvalue weighted by molar-refractivity contribution is 0.643. The molecule has 5 rings (SSSR count). The maximum atomic E-state index is 5.00. The highest BCUT2D eigenvalue weighted by molar-refractivity contribution is 5.91. The van der Waals surface area contributed by atoms with E-state index in [2.05, 4.69) is 70.2 Å². The summed E-state index contributed by atoms with van der Waals surface area (Å²) >= 11 is 0. The van der Waals surface area contributed by atoms with Crippen molar-refractivity contribution in [2.45, 2.75) is 6.92 Å². The normalized spacial score (nSPS) is 14.4. The van der Waals surface area contributed by atoms with Crippen LogP contribution in [0.25, 0.3) is 22.3 Å². The first kappa shape index (κ1) is 17.6. The van der Waals surface area contributed by atoms with Gasteiger partial charge in [0.25, 0.3) is 0 Å². The van der Waals surface area contributed by atoms with Gasteiger partial charge in [0.15, 0.2) is 5.82 Å². The van der Waals surface area contributed by atoms with Crippen molar-refractivity contribution >= 4 is 22.5 Å². The minimum atomic E-state index is 0.783. The van der Waals surface area contributed by atoms with Crippen molar-refractivity contribution in [2.75, 3.05) is 36.0 Å². The second-order valence-electron chi connectivity index (χ2n) is 7.42. The van der Waals surface area contributed by atoms with Crippen LogP contribution in [0.4, 0.5) is 11.6 Å². The summed E-state index contributed by atoms with van der Waals surface area (Å²) in [4.78, 5) is 19.0. The fourth-order valence-corrected chi connectivity index (χ4v) is 3.82. The number of aryl methyl sites for hydroxylation is 1. The quantitative estimate of drug-likeness (QED) is 0.529. The Balaban J connectivity index is 1.48. The van der Waals surface area contributed by atoms with Gasteiger partial charge in [0.2, 0.25) is 0 Å². The molecular formula is C24H23N5. The monoisotopic (exact) mass is 381 g/mol. The van der Waals surface area contributed by atoms with E-state index in [-0.39, 0.29) is 0 Å². The van der Waals surface area contributed by atoms with Crippen LogP contribution in [0.15, 0.2) is 72.9 Å². The molecule has 0 N–H and O–H groups in total. The van der Waals surface area contributed by atoms with Crippen molar-refractivity contribution in [3.63, 3.8) is 0 Å². The lowest BCUT2D eigenvalue weighted by Crippen LogP contribution is -2.47. The zero-order valence-electron chi connectivity index (χ0n) is 16.5. The Hall–Kier alpha value is -3.47. The highest BCUT2D eigenvalue weighted by Crippen LogP contribution is 2.29. The van der Waals surface area contributed by atoms with Gasteiger partial charge in [-0.05, 0) is 31.2 Å². The number of aromatic nitrogens is 3. The highest BCUT2D eigenvalue weighted by atomic mass is 15.3. The molecule has 0 radical (unpaired) electrons. The predicted molar refractivity (Wildman–Crippen MR) is 118 cm³/mol. The maximum Gasteiger partial charge on any atom is 0.162 e. The third-order valence-electron chi connectivity index (χ3n) is 5.45. The summed E-state index contributed by atoms with van der Waals surface area (Å²) in [5.41, 5.74) is 3.27. The molecule has 144 valence electrons. The molecular weight excluding hydrogens is 358 g/mol. The van der Waals surface area contributed by atoms with Gasteiger partial charge in [-0.15, -0.1) is 0 Å². The van der Waals surface area contributed by atoms with Crippen molar-refractivity contribution in [2.24, 2.45) is 0 Å². The number of hydrogen-bond acceptors (Lipinski definition) is 5. The van der Waals surface area contributed by atoms with Gasteiger partial charge < -0.3 is 9.80 Å². The number of para-hydroxylation sites is 1. The Bertz CT molecular complexity index is 1120. The zero-order chi connectivity index (χ0) is 19.6. The van der Waals surface area contributed by atoms with Gasteiger partial charge >= 0.3 is 0 Å². The fraction of sp³-hybridized carbons (Fsp3) is 0.208. The van der Waals surface area contributed by atoms with Crippen LogP contribution >= 0.6 is 0 Å². The summed E-state index contributed by atoms with van der Waals surface area (Å²) in [5, 5.41) is 1.11. The SMILES string of the molecule is Cc1ccc(-c2nc(N3CCN(c4ccccn4)CC3)c3ccccc3n2)cc1. The van der Waals surface area contributed by atoms with Gasteiger partial charge in [-0.25, -0.2) is 15.0 Å². The number of pyridine rings is 1. The lowest BCUT2D eigenvalue weighted by atomic mass is 10.1. The second-order valence-corrected chi connectivity index (χ2v) is 7.42. The summed E-state index contributed by atoms with van der Waals surface area (Å²) in [6, 6.07) is 22.8. The van der Waals surface area contributed by atoms with E-state index >= 15 is 0 Å². The second kappa shape index (κ2) is 7.51. The first-order chi connectivity index (χ1) is 14.3. The maximum absolute atomic E-state index is 5.00. The molecule has 0 aliphatic carbocycles. The average molecular weight is 381 g/mol. The van der Waals surface area contributed by atoms with Crippen molar-refractivity contribution in [3.8, 4) is 11.4 Å². The highest BCUT2D eigenvalue weighted by Gasteiger charge is 2.21. The molecule has 1 fully saturated rings. The number of piperazine rings is 1. The molecule has 0 bridgehead atoms. The van der Waals surface area contributed by atoms with Gasteiger partial charge in [0, 0.05) is 43.3 Å². The molecule has 0 amide bonds. The molecule has 2 aromatic carbocycles. The lowest BCUT2D eigenvalue weighted by Gasteiger charge is -2.36. The first-order valence-electron chi connectivity index (χ1n) is 10.0. The fourth-order valence-electron chi connectivity index (χ4n) is 3.82. The summed E-state index contributed by atoms with van der Waals surface area (Å²) in [6.07, 6.45) is 1.85. The minimum Gasteiger partial charge on any atom is -0.353 e. The molecule has 4 aromatic rings. The molecule has 1 saturated heterocycles. The summed E-state index contributed by atoms with van der Waals surface area (Å²) < 4.78 is 0. The zero-order valence-corrected chi connectivity index (χ0v) is 16.5. The van der Waals surface area contributed by atoms with Crippen LogP contribution in [-0.4, -0.2) is 41.1 Å². The molecule has 2 aromatic heterocycles. The van der Waals surface area contributed by atoms with E-state index in [1.165, 1.54) is 5.56 Å². The Kier molecular flexibility index (Phi) is 4.56. The van der Waals surface area contributed by atoms with E-state index in [0.717, 1.165) is 60.1 Å². The molecule has 3 heterocycles. The van der Waals surface area contributed by atoms with Gasteiger partial charge in [-0.2, -0.15) is 0 Å². The molecule has 29 heavy (non-hydrogen) atoms. The van der Waals surface area contributed by atoms with E-state index in [1.54, 1.807) is 0 Å². The topological polar surface area (TPSA) is 45.2 Å². The van der Waals surface area contributed by atoms with Crippen molar-refractivity contribution in [1.82, 2.24) is 15.0 Å².